The van der Waals surface area contributed by atoms with Crippen LogP contribution < -0.4 is 14.4 Å². The van der Waals surface area contributed by atoms with Gasteiger partial charge in [-0.25, -0.2) is 12.8 Å². The molecule has 0 atom stereocenters. The van der Waals surface area contributed by atoms with Crippen LogP contribution in [0.2, 0.25) is 0 Å². The SMILES string of the molecule is COc1ccc(C)cc1NC(=O)CN1c2ccc(F)cc2-c2ccccc2S1(=O)=O. The Kier molecular flexibility index (Phi) is 4.95. The van der Waals surface area contributed by atoms with Crippen LogP contribution in [-0.4, -0.2) is 28.0 Å². The minimum Gasteiger partial charge on any atom is -0.495 e. The monoisotopic (exact) mass is 426 g/mol. The molecule has 0 saturated heterocycles. The van der Waals surface area contributed by atoms with E-state index >= 15 is 0 Å². The number of nitrogens with one attached hydrogen (secondary N) is 1. The number of fused-ring (bicyclic) bond motifs is 3. The first-order valence-electron chi connectivity index (χ1n) is 9.17. The lowest BCUT2D eigenvalue weighted by atomic mass is 10.0. The van der Waals surface area contributed by atoms with Gasteiger partial charge in [-0.1, -0.05) is 24.3 Å². The number of hydrogen-bond donors (Lipinski definition) is 1. The molecule has 154 valence electrons. The van der Waals surface area contributed by atoms with Crippen LogP contribution >= 0.6 is 0 Å². The second-order valence-corrected chi connectivity index (χ2v) is 8.75. The van der Waals surface area contributed by atoms with Gasteiger partial charge >= 0.3 is 0 Å². The molecule has 1 heterocycles. The lowest BCUT2D eigenvalue weighted by Crippen LogP contribution is -2.40. The predicted molar refractivity (Wildman–Crippen MR) is 113 cm³/mol. The molecular weight excluding hydrogens is 407 g/mol. The number of ether oxygens (including phenoxy) is 1. The summed E-state index contributed by atoms with van der Waals surface area (Å²) in [6, 6.07) is 15.5. The molecule has 0 aromatic heterocycles. The zero-order valence-corrected chi connectivity index (χ0v) is 17.2. The molecule has 0 saturated carbocycles. The van der Waals surface area contributed by atoms with Gasteiger partial charge in [0.2, 0.25) is 5.91 Å². The number of sulfonamides is 1. The molecule has 30 heavy (non-hydrogen) atoms. The van der Waals surface area contributed by atoms with Gasteiger partial charge in [-0.2, -0.15) is 0 Å². The lowest BCUT2D eigenvalue weighted by Gasteiger charge is -2.31. The molecule has 1 amide bonds. The average molecular weight is 426 g/mol. The second-order valence-electron chi connectivity index (χ2n) is 6.92. The van der Waals surface area contributed by atoms with Crippen molar-refractivity contribution in [3.63, 3.8) is 0 Å². The van der Waals surface area contributed by atoms with Crippen molar-refractivity contribution in [2.75, 3.05) is 23.3 Å². The highest BCUT2D eigenvalue weighted by atomic mass is 32.2. The van der Waals surface area contributed by atoms with Crippen molar-refractivity contribution in [3.05, 3.63) is 72.0 Å². The fraction of sp³-hybridized carbons (Fsp3) is 0.136. The van der Waals surface area contributed by atoms with Gasteiger partial charge in [0.1, 0.15) is 18.1 Å². The number of methoxy groups -OCH3 is 1. The third-order valence-corrected chi connectivity index (χ3v) is 6.71. The molecule has 0 spiro atoms. The van der Waals surface area contributed by atoms with E-state index in [1.54, 1.807) is 30.3 Å². The molecule has 1 aliphatic rings. The summed E-state index contributed by atoms with van der Waals surface area (Å²) in [6.45, 7) is 1.40. The fourth-order valence-electron chi connectivity index (χ4n) is 3.51. The average Bonchev–Trinajstić information content (AvgIpc) is 2.71. The minimum atomic E-state index is -4.00. The molecule has 0 fully saturated rings. The van der Waals surface area contributed by atoms with Crippen molar-refractivity contribution in [2.24, 2.45) is 0 Å². The van der Waals surface area contributed by atoms with E-state index in [-0.39, 0.29) is 10.6 Å². The summed E-state index contributed by atoms with van der Waals surface area (Å²) in [5.74, 6) is -0.572. The molecule has 8 heteroatoms. The maximum Gasteiger partial charge on any atom is 0.265 e. The molecule has 1 aliphatic heterocycles. The highest BCUT2D eigenvalue weighted by Crippen LogP contribution is 2.43. The first-order valence-corrected chi connectivity index (χ1v) is 10.6. The summed E-state index contributed by atoms with van der Waals surface area (Å²) < 4.78 is 46.7. The summed E-state index contributed by atoms with van der Waals surface area (Å²) in [7, 11) is -2.52. The number of halogens is 1. The highest BCUT2D eigenvalue weighted by molar-refractivity contribution is 7.93. The van der Waals surface area contributed by atoms with Gasteiger partial charge in [0, 0.05) is 11.1 Å². The van der Waals surface area contributed by atoms with E-state index < -0.39 is 28.3 Å². The van der Waals surface area contributed by atoms with Crippen LogP contribution in [0.25, 0.3) is 11.1 Å². The van der Waals surface area contributed by atoms with Crippen molar-refractivity contribution >= 4 is 27.3 Å². The Morgan fingerprint density at radius 3 is 2.60 bits per heavy atom. The van der Waals surface area contributed by atoms with Crippen molar-refractivity contribution < 1.29 is 22.3 Å². The van der Waals surface area contributed by atoms with Gasteiger partial charge in [-0.3, -0.25) is 9.10 Å². The summed E-state index contributed by atoms with van der Waals surface area (Å²) in [4.78, 5) is 12.8. The molecule has 0 radical (unpaired) electrons. The van der Waals surface area contributed by atoms with Crippen LogP contribution in [-0.2, 0) is 14.8 Å². The van der Waals surface area contributed by atoms with E-state index in [9.17, 15) is 17.6 Å². The van der Waals surface area contributed by atoms with Gasteiger partial charge in [0.25, 0.3) is 10.0 Å². The maximum atomic E-state index is 13.9. The number of carbonyl (C=O) groups excluding carboxylic acids is 1. The number of benzene rings is 3. The molecule has 0 unspecified atom stereocenters. The first kappa shape index (κ1) is 19.9. The number of hydrogen-bond acceptors (Lipinski definition) is 4. The normalized spacial score (nSPS) is 13.9. The summed E-state index contributed by atoms with van der Waals surface area (Å²) in [6.07, 6.45) is 0. The first-order chi connectivity index (χ1) is 14.3. The molecule has 4 rings (SSSR count). The van der Waals surface area contributed by atoms with Crippen LogP contribution in [0.15, 0.2) is 65.6 Å². The largest absolute Gasteiger partial charge is 0.495 e. The van der Waals surface area contributed by atoms with Crippen LogP contribution in [0.3, 0.4) is 0 Å². The summed E-state index contributed by atoms with van der Waals surface area (Å²) >= 11 is 0. The quantitative estimate of drug-likeness (QED) is 0.685. The molecule has 0 aliphatic carbocycles. The Labute approximate surface area is 174 Å². The Morgan fingerprint density at radius 1 is 1.07 bits per heavy atom. The van der Waals surface area contributed by atoms with Crippen LogP contribution in [0.1, 0.15) is 5.56 Å². The lowest BCUT2D eigenvalue weighted by molar-refractivity contribution is -0.114. The van der Waals surface area contributed by atoms with Crippen LogP contribution in [0.4, 0.5) is 15.8 Å². The molecule has 3 aromatic carbocycles. The Bertz CT molecular complexity index is 1260. The Balaban J connectivity index is 1.73. The molecule has 6 nitrogen and oxygen atoms in total. The zero-order valence-electron chi connectivity index (χ0n) is 16.3. The smallest absolute Gasteiger partial charge is 0.265 e. The third-order valence-electron chi connectivity index (χ3n) is 4.89. The number of aryl methyl sites for hydroxylation is 1. The van der Waals surface area contributed by atoms with E-state index in [0.29, 0.717) is 22.6 Å². The van der Waals surface area contributed by atoms with E-state index in [4.69, 9.17) is 4.74 Å². The van der Waals surface area contributed by atoms with Crippen molar-refractivity contribution in [2.45, 2.75) is 11.8 Å². The number of nitrogens with zero attached hydrogens (tertiary/aromatic N) is 1. The van der Waals surface area contributed by atoms with E-state index in [1.807, 2.05) is 13.0 Å². The van der Waals surface area contributed by atoms with E-state index in [2.05, 4.69) is 5.32 Å². The van der Waals surface area contributed by atoms with E-state index in [0.717, 1.165) is 9.87 Å². The number of amides is 1. The van der Waals surface area contributed by atoms with Gasteiger partial charge in [0.05, 0.1) is 23.4 Å². The molecule has 3 aromatic rings. The fourth-order valence-corrected chi connectivity index (χ4v) is 5.16. The van der Waals surface area contributed by atoms with Crippen molar-refractivity contribution in [1.82, 2.24) is 0 Å². The number of rotatable bonds is 4. The topological polar surface area (TPSA) is 75.7 Å². The van der Waals surface area contributed by atoms with Crippen LogP contribution in [0, 0.1) is 12.7 Å². The van der Waals surface area contributed by atoms with E-state index in [1.165, 1.54) is 31.4 Å². The predicted octanol–water partition coefficient (Wildman–Crippen LogP) is 3.96. The minimum absolute atomic E-state index is 0.0315. The third kappa shape index (κ3) is 3.39. The summed E-state index contributed by atoms with van der Waals surface area (Å²) in [5.41, 5.74) is 2.43. The van der Waals surface area contributed by atoms with Crippen molar-refractivity contribution in [3.8, 4) is 16.9 Å². The van der Waals surface area contributed by atoms with Gasteiger partial charge in [-0.15, -0.1) is 0 Å². The highest BCUT2D eigenvalue weighted by Gasteiger charge is 2.36. The Morgan fingerprint density at radius 2 is 1.83 bits per heavy atom. The Hall–Kier alpha value is -3.39. The standard InChI is InChI=1S/C22H19FN2O4S/c1-14-7-10-20(29-2)18(11-14)24-22(26)13-25-19-9-8-15(23)12-17(19)16-5-3-4-6-21(16)30(25,27)28/h3-12H,13H2,1-2H3,(H,24,26). The maximum absolute atomic E-state index is 13.9. The van der Waals surface area contributed by atoms with Gasteiger partial charge in [0.15, 0.2) is 0 Å². The number of carbonyl (C=O) groups is 1. The molecule has 1 N–H and O–H groups in total. The molecular formula is C22H19FN2O4S. The van der Waals surface area contributed by atoms with Crippen molar-refractivity contribution in [1.29, 1.82) is 0 Å². The van der Waals surface area contributed by atoms with Gasteiger partial charge in [-0.05, 0) is 48.9 Å². The van der Waals surface area contributed by atoms with Crippen LogP contribution in [0.5, 0.6) is 5.75 Å². The molecule has 0 bridgehead atoms. The van der Waals surface area contributed by atoms with Gasteiger partial charge < -0.3 is 10.1 Å². The summed E-state index contributed by atoms with van der Waals surface area (Å²) in [5, 5.41) is 2.71. The second kappa shape index (κ2) is 7.46. The zero-order chi connectivity index (χ0) is 21.5. The number of anilines is 2.